The number of aliphatic hydroxyl groups excluding tert-OH is 1. The molecule has 3 N–H and O–H groups in total. The highest BCUT2D eigenvalue weighted by Gasteiger charge is 2.12. The van der Waals surface area contributed by atoms with E-state index in [4.69, 9.17) is 10.8 Å². The van der Waals surface area contributed by atoms with Crippen LogP contribution in [0.3, 0.4) is 0 Å². The molecular formula is C14H23NOS. The summed E-state index contributed by atoms with van der Waals surface area (Å²) in [6.07, 6.45) is 0.850. The number of rotatable bonds is 6. The average Bonchev–Trinajstić information content (AvgIpc) is 2.23. The zero-order valence-corrected chi connectivity index (χ0v) is 11.8. The molecule has 1 atom stereocenters. The molecule has 0 aliphatic rings. The molecule has 1 rings (SSSR count). The van der Waals surface area contributed by atoms with Gasteiger partial charge in [0.1, 0.15) is 0 Å². The van der Waals surface area contributed by atoms with Crippen molar-refractivity contribution in [3.63, 3.8) is 0 Å². The molecule has 17 heavy (non-hydrogen) atoms. The minimum absolute atomic E-state index is 0.0966. The molecule has 96 valence electrons. The largest absolute Gasteiger partial charge is 0.396 e. The molecule has 1 unspecified atom stereocenters. The summed E-state index contributed by atoms with van der Waals surface area (Å²) in [6, 6.07) is 4.49. The third kappa shape index (κ3) is 4.34. The van der Waals surface area contributed by atoms with Crippen LogP contribution in [0.5, 0.6) is 0 Å². The van der Waals surface area contributed by atoms with E-state index in [-0.39, 0.29) is 12.6 Å². The minimum atomic E-state index is 0.0966. The second kappa shape index (κ2) is 7.04. The Morgan fingerprint density at radius 2 is 1.82 bits per heavy atom. The van der Waals surface area contributed by atoms with Crippen LogP contribution in [0.4, 0.5) is 0 Å². The maximum absolute atomic E-state index is 8.72. The predicted molar refractivity (Wildman–Crippen MR) is 76.6 cm³/mol. The maximum Gasteiger partial charge on any atom is 0.0438 e. The van der Waals surface area contributed by atoms with Crippen molar-refractivity contribution in [2.24, 2.45) is 5.73 Å². The first kappa shape index (κ1) is 14.6. The molecule has 1 aromatic carbocycles. The number of thioether (sulfide) groups is 1. The molecule has 0 fully saturated rings. The molecule has 2 nitrogen and oxygen atoms in total. The van der Waals surface area contributed by atoms with E-state index in [2.05, 4.69) is 32.9 Å². The number of hydrogen-bond acceptors (Lipinski definition) is 3. The van der Waals surface area contributed by atoms with Gasteiger partial charge in [0.15, 0.2) is 0 Å². The summed E-state index contributed by atoms with van der Waals surface area (Å²) in [5.74, 6) is 1.90. The summed E-state index contributed by atoms with van der Waals surface area (Å²) in [5, 5.41) is 8.72. The fraction of sp³-hybridized carbons (Fsp3) is 0.571. The van der Waals surface area contributed by atoms with Crippen molar-refractivity contribution in [3.8, 4) is 0 Å². The van der Waals surface area contributed by atoms with Crippen molar-refractivity contribution in [1.29, 1.82) is 0 Å². The minimum Gasteiger partial charge on any atom is -0.396 e. The molecule has 0 heterocycles. The Hall–Kier alpha value is -0.510. The predicted octanol–water partition coefficient (Wildman–Crippen LogP) is 2.73. The first-order valence-electron chi connectivity index (χ1n) is 6.08. The number of benzene rings is 1. The highest BCUT2D eigenvalue weighted by atomic mass is 32.2. The zero-order valence-electron chi connectivity index (χ0n) is 11.0. The van der Waals surface area contributed by atoms with E-state index in [1.54, 1.807) is 0 Å². The normalized spacial score (nSPS) is 12.8. The van der Waals surface area contributed by atoms with E-state index in [1.807, 2.05) is 11.8 Å². The molecule has 0 radical (unpaired) electrons. The molecule has 3 heteroatoms. The summed E-state index contributed by atoms with van der Waals surface area (Å²) in [4.78, 5) is 0. The van der Waals surface area contributed by atoms with Gasteiger partial charge in [-0.25, -0.2) is 0 Å². The summed E-state index contributed by atoms with van der Waals surface area (Å²) in [6.45, 7) is 6.65. The number of nitrogens with two attached hydrogens (primary N) is 1. The topological polar surface area (TPSA) is 46.2 Å². The highest BCUT2D eigenvalue weighted by Crippen LogP contribution is 2.24. The second-order valence-corrected chi connectivity index (χ2v) is 5.72. The van der Waals surface area contributed by atoms with Gasteiger partial charge in [-0.1, -0.05) is 17.7 Å². The molecule has 0 amide bonds. The molecule has 0 aliphatic heterocycles. The van der Waals surface area contributed by atoms with Gasteiger partial charge in [-0.05, 0) is 49.6 Å². The van der Waals surface area contributed by atoms with Crippen LogP contribution in [-0.2, 0) is 0 Å². The first-order chi connectivity index (χ1) is 8.06. The first-order valence-corrected chi connectivity index (χ1v) is 7.23. The van der Waals surface area contributed by atoms with Gasteiger partial charge in [-0.15, -0.1) is 0 Å². The Kier molecular flexibility index (Phi) is 6.03. The number of aliphatic hydroxyl groups is 1. The summed E-state index contributed by atoms with van der Waals surface area (Å²) in [5.41, 5.74) is 11.4. The smallest absolute Gasteiger partial charge is 0.0438 e. The van der Waals surface area contributed by atoms with E-state index in [9.17, 15) is 0 Å². The molecular weight excluding hydrogens is 230 g/mol. The van der Waals surface area contributed by atoms with Crippen molar-refractivity contribution in [2.75, 3.05) is 18.1 Å². The molecule has 0 aromatic heterocycles. The van der Waals surface area contributed by atoms with E-state index < -0.39 is 0 Å². The van der Waals surface area contributed by atoms with Crippen LogP contribution in [0.1, 0.15) is 34.7 Å². The van der Waals surface area contributed by atoms with Gasteiger partial charge in [0, 0.05) is 18.4 Å². The highest BCUT2D eigenvalue weighted by molar-refractivity contribution is 7.99. The van der Waals surface area contributed by atoms with E-state index >= 15 is 0 Å². The standard InChI is InChI=1S/C14H23NOS/c1-10-7-11(2)14(12(3)8-10)13(15)9-17-6-4-5-16/h7-8,13,16H,4-6,9,15H2,1-3H3. The number of hydrogen-bond donors (Lipinski definition) is 2. The lowest BCUT2D eigenvalue weighted by Gasteiger charge is -2.18. The Morgan fingerprint density at radius 3 is 2.35 bits per heavy atom. The maximum atomic E-state index is 8.72. The lowest BCUT2D eigenvalue weighted by Crippen LogP contribution is -2.16. The second-order valence-electron chi connectivity index (χ2n) is 4.57. The van der Waals surface area contributed by atoms with Crippen LogP contribution in [0.15, 0.2) is 12.1 Å². The summed E-state index contributed by atoms with van der Waals surface area (Å²) >= 11 is 1.82. The molecule has 0 saturated heterocycles. The van der Waals surface area contributed by atoms with Crippen molar-refractivity contribution in [2.45, 2.75) is 33.2 Å². The summed E-state index contributed by atoms with van der Waals surface area (Å²) < 4.78 is 0. The van der Waals surface area contributed by atoms with E-state index in [1.165, 1.54) is 22.3 Å². The Balaban J connectivity index is 2.65. The fourth-order valence-electron chi connectivity index (χ4n) is 2.24. The third-order valence-electron chi connectivity index (χ3n) is 2.85. The van der Waals surface area contributed by atoms with Gasteiger partial charge in [0.2, 0.25) is 0 Å². The van der Waals surface area contributed by atoms with Gasteiger partial charge < -0.3 is 10.8 Å². The number of aryl methyl sites for hydroxylation is 3. The van der Waals surface area contributed by atoms with Crippen LogP contribution < -0.4 is 5.73 Å². The van der Waals surface area contributed by atoms with Gasteiger partial charge in [-0.2, -0.15) is 11.8 Å². The Bertz CT molecular complexity index is 342. The molecule has 1 aromatic rings. The van der Waals surface area contributed by atoms with Crippen molar-refractivity contribution < 1.29 is 5.11 Å². The lowest BCUT2D eigenvalue weighted by atomic mass is 9.95. The SMILES string of the molecule is Cc1cc(C)c(C(N)CSCCCO)c(C)c1. The van der Waals surface area contributed by atoms with E-state index in [0.717, 1.165) is 17.9 Å². The molecule has 0 saturated carbocycles. The summed E-state index contributed by atoms with van der Waals surface area (Å²) in [7, 11) is 0. The lowest BCUT2D eigenvalue weighted by molar-refractivity contribution is 0.296. The van der Waals surface area contributed by atoms with Crippen LogP contribution in [0.2, 0.25) is 0 Å². The van der Waals surface area contributed by atoms with Gasteiger partial charge in [0.05, 0.1) is 0 Å². The zero-order chi connectivity index (χ0) is 12.8. The average molecular weight is 253 g/mol. The third-order valence-corrected chi connectivity index (χ3v) is 4.03. The van der Waals surface area contributed by atoms with Crippen molar-refractivity contribution in [1.82, 2.24) is 0 Å². The van der Waals surface area contributed by atoms with Crippen LogP contribution >= 0.6 is 11.8 Å². The van der Waals surface area contributed by atoms with Gasteiger partial charge in [-0.3, -0.25) is 0 Å². The van der Waals surface area contributed by atoms with Gasteiger partial charge in [0.25, 0.3) is 0 Å². The van der Waals surface area contributed by atoms with Gasteiger partial charge >= 0.3 is 0 Å². The fourth-order valence-corrected chi connectivity index (χ4v) is 3.16. The monoisotopic (exact) mass is 253 g/mol. The van der Waals surface area contributed by atoms with Crippen LogP contribution in [0.25, 0.3) is 0 Å². The van der Waals surface area contributed by atoms with Crippen LogP contribution in [-0.4, -0.2) is 23.2 Å². The molecule has 0 bridgehead atoms. The van der Waals surface area contributed by atoms with Crippen molar-refractivity contribution in [3.05, 3.63) is 34.4 Å². The molecule has 0 spiro atoms. The quantitative estimate of drug-likeness (QED) is 0.766. The van der Waals surface area contributed by atoms with Crippen LogP contribution in [0, 0.1) is 20.8 Å². The Morgan fingerprint density at radius 1 is 1.24 bits per heavy atom. The van der Waals surface area contributed by atoms with Crippen molar-refractivity contribution >= 4 is 11.8 Å². The van der Waals surface area contributed by atoms with E-state index in [0.29, 0.717) is 0 Å². The molecule has 0 aliphatic carbocycles. The Labute approximate surface area is 109 Å².